The molecule has 1 heterocycles. The maximum absolute atomic E-state index is 13.6. The van der Waals surface area contributed by atoms with E-state index in [4.69, 9.17) is 10.3 Å². The molecular weight excluding hydrogens is 309 g/mol. The highest BCUT2D eigenvalue weighted by Gasteiger charge is 2.26. The molecule has 0 aromatic heterocycles. The lowest BCUT2D eigenvalue weighted by molar-refractivity contribution is -0.108. The van der Waals surface area contributed by atoms with E-state index in [9.17, 15) is 9.18 Å². The Bertz CT molecular complexity index is 872. The van der Waals surface area contributed by atoms with Gasteiger partial charge in [-0.1, -0.05) is 29.4 Å². The largest absolute Gasteiger partial charge is 0.461 e. The van der Waals surface area contributed by atoms with Gasteiger partial charge in [-0.25, -0.2) is 4.39 Å². The van der Waals surface area contributed by atoms with Crippen LogP contribution in [0.2, 0.25) is 0 Å². The van der Waals surface area contributed by atoms with E-state index >= 15 is 0 Å². The molecule has 2 aromatic rings. The quantitative estimate of drug-likeness (QED) is 0.352. The number of azide groups is 1. The van der Waals surface area contributed by atoms with Gasteiger partial charge in [0.25, 0.3) is 0 Å². The molecule has 3 rings (SSSR count). The zero-order chi connectivity index (χ0) is 17.1. The summed E-state index contributed by atoms with van der Waals surface area (Å²) in [5.41, 5.74) is 10.7. The van der Waals surface area contributed by atoms with Gasteiger partial charge in [0.1, 0.15) is 23.6 Å². The van der Waals surface area contributed by atoms with Crippen molar-refractivity contribution in [2.24, 2.45) is 5.11 Å². The second kappa shape index (κ2) is 6.56. The topological polar surface area (TPSA) is 75.1 Å². The molecule has 24 heavy (non-hydrogen) atoms. The average molecular weight is 323 g/mol. The van der Waals surface area contributed by atoms with Crippen LogP contribution in [0.5, 0.6) is 5.75 Å². The van der Waals surface area contributed by atoms with Gasteiger partial charge in [-0.3, -0.25) is 0 Å². The third-order valence-corrected chi connectivity index (χ3v) is 3.89. The Morgan fingerprint density at radius 1 is 1.33 bits per heavy atom. The SMILES string of the molecule is CC(N=[N+]=[N-])C1=CC(C=O)c2c(cccc2-c2cccc(F)c2)O1. The minimum Gasteiger partial charge on any atom is -0.461 e. The monoisotopic (exact) mass is 323 g/mol. The molecule has 2 aromatic carbocycles. The first-order valence-corrected chi connectivity index (χ1v) is 7.42. The number of fused-ring (bicyclic) bond motifs is 1. The Morgan fingerprint density at radius 3 is 2.83 bits per heavy atom. The number of ether oxygens (including phenoxy) is 1. The van der Waals surface area contributed by atoms with Crippen LogP contribution in [-0.2, 0) is 4.79 Å². The van der Waals surface area contributed by atoms with Crippen LogP contribution >= 0.6 is 0 Å². The van der Waals surface area contributed by atoms with Gasteiger partial charge in [0.2, 0.25) is 0 Å². The summed E-state index contributed by atoms with van der Waals surface area (Å²) in [6, 6.07) is 11.0. The van der Waals surface area contributed by atoms with Crippen LogP contribution in [0.25, 0.3) is 21.6 Å². The molecular formula is C18H14FN3O2. The van der Waals surface area contributed by atoms with Crippen molar-refractivity contribution in [3.63, 3.8) is 0 Å². The molecule has 0 N–H and O–H groups in total. The summed E-state index contributed by atoms with van der Waals surface area (Å²) in [5, 5.41) is 3.60. The molecule has 0 bridgehead atoms. The molecule has 0 saturated carbocycles. The molecule has 0 amide bonds. The van der Waals surface area contributed by atoms with Crippen molar-refractivity contribution in [1.82, 2.24) is 0 Å². The number of allylic oxidation sites excluding steroid dienone is 1. The van der Waals surface area contributed by atoms with E-state index in [1.165, 1.54) is 12.1 Å². The zero-order valence-electron chi connectivity index (χ0n) is 12.9. The highest BCUT2D eigenvalue weighted by Crippen LogP contribution is 2.41. The smallest absolute Gasteiger partial charge is 0.131 e. The lowest BCUT2D eigenvalue weighted by atomic mass is 9.88. The van der Waals surface area contributed by atoms with Crippen molar-refractivity contribution < 1.29 is 13.9 Å². The first-order chi connectivity index (χ1) is 11.6. The molecule has 0 saturated heterocycles. The van der Waals surface area contributed by atoms with Gasteiger partial charge in [-0.15, -0.1) is 0 Å². The Morgan fingerprint density at radius 2 is 2.12 bits per heavy atom. The maximum Gasteiger partial charge on any atom is 0.131 e. The summed E-state index contributed by atoms with van der Waals surface area (Å²) in [4.78, 5) is 14.4. The van der Waals surface area contributed by atoms with Crippen LogP contribution in [0.1, 0.15) is 18.4 Å². The van der Waals surface area contributed by atoms with E-state index in [0.717, 1.165) is 11.8 Å². The molecule has 1 aliphatic heterocycles. The molecule has 0 fully saturated rings. The Balaban J connectivity index is 2.12. The van der Waals surface area contributed by atoms with E-state index in [1.807, 2.05) is 6.07 Å². The number of carbonyl (C=O) groups excluding carboxylic acids is 1. The van der Waals surface area contributed by atoms with Crippen LogP contribution in [0, 0.1) is 5.82 Å². The van der Waals surface area contributed by atoms with Gasteiger partial charge in [-0.2, -0.15) is 0 Å². The van der Waals surface area contributed by atoms with Gasteiger partial charge >= 0.3 is 0 Å². The standard InChI is InChI=1S/C18H14FN3O2/c1-11(21-22-20)17-9-13(10-23)18-15(6-3-7-16(18)24-17)12-4-2-5-14(19)8-12/h2-11,13H,1H3. The lowest BCUT2D eigenvalue weighted by Crippen LogP contribution is -2.17. The van der Waals surface area contributed by atoms with Gasteiger partial charge in [0.05, 0.1) is 12.0 Å². The normalized spacial score (nSPS) is 16.9. The Hall–Kier alpha value is -3.11. The molecule has 120 valence electrons. The highest BCUT2D eigenvalue weighted by atomic mass is 19.1. The zero-order valence-corrected chi connectivity index (χ0v) is 12.9. The van der Waals surface area contributed by atoms with Gasteiger partial charge in [-0.05, 0) is 47.9 Å². The van der Waals surface area contributed by atoms with Crippen LogP contribution in [-0.4, -0.2) is 12.3 Å². The minimum atomic E-state index is -0.556. The summed E-state index contributed by atoms with van der Waals surface area (Å²) < 4.78 is 19.4. The molecule has 5 nitrogen and oxygen atoms in total. The molecule has 0 aliphatic carbocycles. The number of nitrogens with zero attached hydrogens (tertiary/aromatic N) is 3. The number of hydrogen-bond donors (Lipinski definition) is 0. The summed E-state index contributed by atoms with van der Waals surface area (Å²) >= 11 is 0. The second-order valence-electron chi connectivity index (χ2n) is 5.44. The molecule has 0 radical (unpaired) electrons. The Labute approximate surface area is 138 Å². The highest BCUT2D eigenvalue weighted by molar-refractivity contribution is 5.79. The fraction of sp³-hybridized carbons (Fsp3) is 0.167. The van der Waals surface area contributed by atoms with Crippen LogP contribution in [0.4, 0.5) is 4.39 Å². The third-order valence-electron chi connectivity index (χ3n) is 3.89. The minimum absolute atomic E-state index is 0.349. The lowest BCUT2D eigenvalue weighted by Gasteiger charge is -2.26. The number of benzene rings is 2. The van der Waals surface area contributed by atoms with Crippen LogP contribution in [0.3, 0.4) is 0 Å². The van der Waals surface area contributed by atoms with E-state index in [-0.39, 0.29) is 5.82 Å². The second-order valence-corrected chi connectivity index (χ2v) is 5.44. The molecule has 2 unspecified atom stereocenters. The van der Waals surface area contributed by atoms with E-state index < -0.39 is 12.0 Å². The van der Waals surface area contributed by atoms with E-state index in [2.05, 4.69) is 10.0 Å². The summed E-state index contributed by atoms with van der Waals surface area (Å²) in [6.45, 7) is 1.69. The van der Waals surface area contributed by atoms with Gasteiger partial charge in [0, 0.05) is 10.5 Å². The van der Waals surface area contributed by atoms with Crippen molar-refractivity contribution in [1.29, 1.82) is 0 Å². The Kier molecular flexibility index (Phi) is 4.31. The fourth-order valence-corrected chi connectivity index (χ4v) is 2.77. The summed E-state index contributed by atoms with van der Waals surface area (Å²) in [6.07, 6.45) is 2.43. The maximum atomic E-state index is 13.6. The molecule has 1 aliphatic rings. The number of rotatable bonds is 4. The third kappa shape index (κ3) is 2.87. The average Bonchev–Trinajstić information content (AvgIpc) is 2.60. The summed E-state index contributed by atoms with van der Waals surface area (Å²) in [5.74, 6) is 0.0254. The van der Waals surface area contributed by atoms with Gasteiger partial charge in [0.15, 0.2) is 0 Å². The predicted octanol–water partition coefficient (Wildman–Crippen LogP) is 4.75. The van der Waals surface area contributed by atoms with Crippen LogP contribution in [0.15, 0.2) is 59.4 Å². The van der Waals surface area contributed by atoms with Crippen molar-refractivity contribution >= 4 is 6.29 Å². The van der Waals surface area contributed by atoms with E-state index in [0.29, 0.717) is 22.6 Å². The van der Waals surface area contributed by atoms with Crippen LogP contribution < -0.4 is 4.74 Å². The molecule has 2 atom stereocenters. The van der Waals surface area contributed by atoms with Gasteiger partial charge < -0.3 is 9.53 Å². The number of halogens is 1. The van der Waals surface area contributed by atoms with Crippen molar-refractivity contribution in [2.75, 3.05) is 0 Å². The van der Waals surface area contributed by atoms with Crippen molar-refractivity contribution in [2.45, 2.75) is 18.9 Å². The first kappa shape index (κ1) is 15.8. The number of carbonyl (C=O) groups is 1. The number of aldehydes is 1. The van der Waals surface area contributed by atoms with Crippen molar-refractivity contribution in [3.8, 4) is 16.9 Å². The summed E-state index contributed by atoms with van der Waals surface area (Å²) in [7, 11) is 0. The van der Waals surface area contributed by atoms with Crippen molar-refractivity contribution in [3.05, 3.63) is 76.1 Å². The molecule has 6 heteroatoms. The fourth-order valence-electron chi connectivity index (χ4n) is 2.77. The van der Waals surface area contributed by atoms with E-state index in [1.54, 1.807) is 37.3 Å². The molecule has 0 spiro atoms. The number of hydrogen-bond acceptors (Lipinski definition) is 3. The predicted molar refractivity (Wildman–Crippen MR) is 88.0 cm³/mol. The first-order valence-electron chi connectivity index (χ1n) is 7.42.